The van der Waals surface area contributed by atoms with Crippen molar-refractivity contribution in [1.82, 2.24) is 20.2 Å². The Balaban J connectivity index is 1.86. The summed E-state index contributed by atoms with van der Waals surface area (Å²) >= 11 is 4.58. The Kier molecular flexibility index (Phi) is 4.91. The Bertz CT molecular complexity index is 881. The van der Waals surface area contributed by atoms with Crippen LogP contribution in [-0.4, -0.2) is 32.4 Å². The van der Waals surface area contributed by atoms with E-state index in [9.17, 15) is 9.18 Å². The quantitative estimate of drug-likeness (QED) is 0.669. The number of rotatable bonds is 4. The third kappa shape index (κ3) is 3.62. The van der Waals surface area contributed by atoms with Gasteiger partial charge < -0.3 is 5.32 Å². The lowest BCUT2D eigenvalue weighted by Gasteiger charge is -2.08. The van der Waals surface area contributed by atoms with Crippen LogP contribution < -0.4 is 5.32 Å². The molecule has 0 aliphatic rings. The number of aromatic nitrogens is 4. The number of hydrogen-bond acceptors (Lipinski definition) is 5. The fourth-order valence-corrected chi connectivity index (χ4v) is 2.97. The van der Waals surface area contributed by atoms with Crippen LogP contribution in [0.15, 0.2) is 52.1 Å². The SMILES string of the molecule is CSc1nnnn1-c1cccc(NC(=O)c2cc(F)cc(Br)c2)c1. The molecule has 3 rings (SSSR count). The van der Waals surface area contributed by atoms with Gasteiger partial charge in [0, 0.05) is 15.7 Å². The number of hydrogen-bond donors (Lipinski definition) is 1. The van der Waals surface area contributed by atoms with E-state index in [4.69, 9.17) is 0 Å². The summed E-state index contributed by atoms with van der Waals surface area (Å²) in [7, 11) is 0. The van der Waals surface area contributed by atoms with Crippen LogP contribution in [0.1, 0.15) is 10.4 Å². The predicted octanol–water partition coefficient (Wildman–Crippen LogP) is 3.54. The molecule has 1 amide bonds. The van der Waals surface area contributed by atoms with E-state index in [0.29, 0.717) is 21.0 Å². The molecule has 0 fully saturated rings. The Labute approximate surface area is 149 Å². The van der Waals surface area contributed by atoms with Crippen LogP contribution in [0.3, 0.4) is 0 Å². The number of carbonyl (C=O) groups excluding carboxylic acids is 1. The predicted molar refractivity (Wildman–Crippen MR) is 93.0 cm³/mol. The van der Waals surface area contributed by atoms with Crippen LogP contribution in [0.5, 0.6) is 0 Å². The minimum Gasteiger partial charge on any atom is -0.322 e. The molecule has 0 saturated carbocycles. The van der Waals surface area contributed by atoms with E-state index >= 15 is 0 Å². The molecule has 1 heterocycles. The summed E-state index contributed by atoms with van der Waals surface area (Å²) in [6, 6.07) is 11.1. The molecule has 0 saturated heterocycles. The first-order chi connectivity index (χ1) is 11.6. The summed E-state index contributed by atoms with van der Waals surface area (Å²) in [6.45, 7) is 0. The molecule has 0 aliphatic carbocycles. The number of tetrazole rings is 1. The maximum Gasteiger partial charge on any atom is 0.255 e. The molecule has 9 heteroatoms. The Morgan fingerprint density at radius 2 is 2.12 bits per heavy atom. The molecule has 1 aromatic heterocycles. The van der Waals surface area contributed by atoms with Gasteiger partial charge in [-0.15, -0.1) is 5.10 Å². The number of nitrogens with one attached hydrogen (secondary N) is 1. The molecule has 0 radical (unpaired) electrons. The smallest absolute Gasteiger partial charge is 0.255 e. The first-order valence-electron chi connectivity index (χ1n) is 6.77. The summed E-state index contributed by atoms with van der Waals surface area (Å²) in [6.07, 6.45) is 1.87. The zero-order chi connectivity index (χ0) is 17.1. The summed E-state index contributed by atoms with van der Waals surface area (Å²) in [4.78, 5) is 12.3. The molecule has 1 N–H and O–H groups in total. The van der Waals surface area contributed by atoms with Crippen LogP contribution in [0.25, 0.3) is 5.69 Å². The van der Waals surface area contributed by atoms with E-state index in [-0.39, 0.29) is 5.56 Å². The van der Waals surface area contributed by atoms with Gasteiger partial charge in [-0.2, -0.15) is 4.68 Å². The van der Waals surface area contributed by atoms with E-state index in [2.05, 4.69) is 36.8 Å². The molecule has 0 atom stereocenters. The highest BCUT2D eigenvalue weighted by Gasteiger charge is 2.11. The summed E-state index contributed by atoms with van der Waals surface area (Å²) in [5.41, 5.74) is 1.49. The van der Waals surface area contributed by atoms with Gasteiger partial charge in [-0.1, -0.05) is 33.8 Å². The summed E-state index contributed by atoms with van der Waals surface area (Å²) < 4.78 is 15.5. The first-order valence-corrected chi connectivity index (χ1v) is 8.79. The van der Waals surface area contributed by atoms with E-state index in [0.717, 1.165) is 0 Å². The van der Waals surface area contributed by atoms with Crippen molar-refractivity contribution in [3.63, 3.8) is 0 Å². The molecular formula is C15H11BrFN5OS. The van der Waals surface area contributed by atoms with Crippen LogP contribution in [0.2, 0.25) is 0 Å². The number of halogens is 2. The number of carbonyl (C=O) groups is 1. The van der Waals surface area contributed by atoms with Crippen molar-refractivity contribution in [3.05, 3.63) is 58.3 Å². The molecule has 0 aliphatic heterocycles. The molecule has 2 aromatic carbocycles. The van der Waals surface area contributed by atoms with Crippen molar-refractivity contribution in [3.8, 4) is 5.69 Å². The average molecular weight is 408 g/mol. The third-order valence-electron chi connectivity index (χ3n) is 3.10. The van der Waals surface area contributed by atoms with Gasteiger partial charge in [0.15, 0.2) is 0 Å². The standard InChI is InChI=1S/C15H11BrFN5OS/c1-24-15-19-20-21-22(15)13-4-2-3-12(8-13)18-14(23)9-5-10(16)7-11(17)6-9/h2-8H,1H3,(H,18,23). The maximum absolute atomic E-state index is 13.4. The van der Waals surface area contributed by atoms with E-state index in [1.807, 2.05) is 12.3 Å². The number of amides is 1. The Morgan fingerprint density at radius 3 is 2.88 bits per heavy atom. The Morgan fingerprint density at radius 1 is 1.29 bits per heavy atom. The highest BCUT2D eigenvalue weighted by molar-refractivity contribution is 9.10. The van der Waals surface area contributed by atoms with Gasteiger partial charge in [-0.3, -0.25) is 4.79 Å². The maximum atomic E-state index is 13.4. The first kappa shape index (κ1) is 16.6. The van der Waals surface area contributed by atoms with E-state index < -0.39 is 11.7 Å². The van der Waals surface area contributed by atoms with Gasteiger partial charge in [0.2, 0.25) is 5.16 Å². The van der Waals surface area contributed by atoms with E-state index in [1.165, 1.54) is 23.9 Å². The fourth-order valence-electron chi connectivity index (χ4n) is 2.07. The van der Waals surface area contributed by atoms with Gasteiger partial charge in [0.05, 0.1) is 5.69 Å². The zero-order valence-electron chi connectivity index (χ0n) is 12.4. The lowest BCUT2D eigenvalue weighted by molar-refractivity contribution is 0.102. The lowest BCUT2D eigenvalue weighted by atomic mass is 10.2. The van der Waals surface area contributed by atoms with Crippen LogP contribution in [0.4, 0.5) is 10.1 Å². The second-order valence-electron chi connectivity index (χ2n) is 4.74. The minimum absolute atomic E-state index is 0.222. The fraction of sp³-hybridized carbons (Fsp3) is 0.0667. The average Bonchev–Trinajstić information content (AvgIpc) is 3.03. The van der Waals surface area contributed by atoms with Crippen molar-refractivity contribution in [2.75, 3.05) is 11.6 Å². The molecule has 3 aromatic rings. The molecule has 24 heavy (non-hydrogen) atoms. The third-order valence-corrected chi connectivity index (χ3v) is 4.17. The van der Waals surface area contributed by atoms with Crippen LogP contribution >= 0.6 is 27.7 Å². The number of benzene rings is 2. The van der Waals surface area contributed by atoms with Crippen molar-refractivity contribution < 1.29 is 9.18 Å². The van der Waals surface area contributed by atoms with Crippen molar-refractivity contribution in [1.29, 1.82) is 0 Å². The molecule has 122 valence electrons. The van der Waals surface area contributed by atoms with Gasteiger partial charge in [0.1, 0.15) is 5.82 Å². The summed E-state index contributed by atoms with van der Waals surface area (Å²) in [5, 5.41) is 14.8. The minimum atomic E-state index is -0.485. The molecule has 6 nitrogen and oxygen atoms in total. The number of nitrogens with zero attached hydrogens (tertiary/aromatic N) is 4. The van der Waals surface area contributed by atoms with Gasteiger partial charge >= 0.3 is 0 Å². The zero-order valence-corrected chi connectivity index (χ0v) is 14.8. The molecular weight excluding hydrogens is 397 g/mol. The van der Waals surface area contributed by atoms with Gasteiger partial charge in [-0.25, -0.2) is 4.39 Å². The topological polar surface area (TPSA) is 72.7 Å². The van der Waals surface area contributed by atoms with Crippen LogP contribution in [-0.2, 0) is 0 Å². The highest BCUT2D eigenvalue weighted by atomic mass is 79.9. The number of anilines is 1. The van der Waals surface area contributed by atoms with Crippen molar-refractivity contribution in [2.24, 2.45) is 0 Å². The molecule has 0 spiro atoms. The van der Waals surface area contributed by atoms with Crippen molar-refractivity contribution in [2.45, 2.75) is 5.16 Å². The lowest BCUT2D eigenvalue weighted by Crippen LogP contribution is -2.12. The van der Waals surface area contributed by atoms with Crippen LogP contribution in [0, 0.1) is 5.82 Å². The molecule has 0 bridgehead atoms. The van der Waals surface area contributed by atoms with E-state index in [1.54, 1.807) is 28.9 Å². The Hall–Kier alpha value is -2.26. The normalized spacial score (nSPS) is 10.6. The second kappa shape index (κ2) is 7.10. The van der Waals surface area contributed by atoms with Gasteiger partial charge in [-0.05, 0) is 53.1 Å². The second-order valence-corrected chi connectivity index (χ2v) is 6.43. The van der Waals surface area contributed by atoms with Crippen molar-refractivity contribution >= 4 is 39.3 Å². The largest absolute Gasteiger partial charge is 0.322 e. The highest BCUT2D eigenvalue weighted by Crippen LogP contribution is 2.20. The summed E-state index contributed by atoms with van der Waals surface area (Å²) in [5.74, 6) is -0.893. The monoisotopic (exact) mass is 407 g/mol. The number of thioether (sulfide) groups is 1. The molecule has 0 unspecified atom stereocenters. The van der Waals surface area contributed by atoms with Gasteiger partial charge in [0.25, 0.3) is 5.91 Å².